The molecule has 0 aliphatic carbocycles. The predicted octanol–water partition coefficient (Wildman–Crippen LogP) is 4.95. The van der Waals surface area contributed by atoms with Gasteiger partial charge in [0.25, 0.3) is 5.91 Å². The fraction of sp³-hybridized carbons (Fsp3) is 0.0800. The van der Waals surface area contributed by atoms with E-state index in [2.05, 4.69) is 5.32 Å². The number of carbonyl (C=O) groups excluding carboxylic acids is 1. The Morgan fingerprint density at radius 1 is 0.938 bits per heavy atom. The third-order valence-corrected chi connectivity index (χ3v) is 5.45. The maximum absolute atomic E-state index is 13.1. The molecule has 5 N–H and O–H groups in total. The van der Waals surface area contributed by atoms with Crippen LogP contribution in [0.3, 0.4) is 0 Å². The number of amidine groups is 1. The summed E-state index contributed by atoms with van der Waals surface area (Å²) in [6.07, 6.45) is 0. The molecule has 1 amide bonds. The molecule has 0 aliphatic rings. The first-order valence-electron chi connectivity index (χ1n) is 9.89. The van der Waals surface area contributed by atoms with E-state index < -0.39 is 5.97 Å². The zero-order chi connectivity index (χ0) is 23.0. The van der Waals surface area contributed by atoms with Gasteiger partial charge < -0.3 is 20.6 Å². The predicted molar refractivity (Wildman–Crippen MR) is 123 cm³/mol. The number of nitrogen functional groups attached to an aromatic ring is 1. The first-order valence-corrected chi connectivity index (χ1v) is 9.89. The van der Waals surface area contributed by atoms with Crippen molar-refractivity contribution in [1.29, 1.82) is 5.41 Å². The van der Waals surface area contributed by atoms with Gasteiger partial charge in [0.05, 0.1) is 11.1 Å². The van der Waals surface area contributed by atoms with E-state index in [0.717, 1.165) is 10.9 Å². The Balaban J connectivity index is 1.75. The summed E-state index contributed by atoms with van der Waals surface area (Å²) < 4.78 is 6.07. The van der Waals surface area contributed by atoms with E-state index in [1.807, 2.05) is 13.0 Å². The van der Waals surface area contributed by atoms with E-state index in [0.29, 0.717) is 39.3 Å². The lowest BCUT2D eigenvalue weighted by Gasteiger charge is -2.10. The summed E-state index contributed by atoms with van der Waals surface area (Å²) in [6.45, 7) is 3.61. The van der Waals surface area contributed by atoms with Crippen molar-refractivity contribution in [3.8, 4) is 11.3 Å². The van der Waals surface area contributed by atoms with Gasteiger partial charge in [0, 0.05) is 27.8 Å². The molecule has 160 valence electrons. The first-order chi connectivity index (χ1) is 15.3. The van der Waals surface area contributed by atoms with Gasteiger partial charge in [-0.1, -0.05) is 18.2 Å². The van der Waals surface area contributed by atoms with Crippen LogP contribution in [-0.2, 0) is 0 Å². The van der Waals surface area contributed by atoms with Crippen molar-refractivity contribution in [2.45, 2.75) is 13.8 Å². The molecule has 0 spiro atoms. The Morgan fingerprint density at radius 3 is 2.28 bits per heavy atom. The van der Waals surface area contributed by atoms with Crippen molar-refractivity contribution in [2.75, 3.05) is 5.32 Å². The minimum absolute atomic E-state index is 0.0464. The highest BCUT2D eigenvalue weighted by Crippen LogP contribution is 2.37. The smallest absolute Gasteiger partial charge is 0.335 e. The normalized spacial score (nSPS) is 10.8. The molecule has 32 heavy (non-hydrogen) atoms. The van der Waals surface area contributed by atoms with Crippen LogP contribution in [0.2, 0.25) is 0 Å². The van der Waals surface area contributed by atoms with Crippen LogP contribution in [0.1, 0.15) is 37.4 Å². The molecule has 0 radical (unpaired) electrons. The Bertz CT molecular complexity index is 1380. The van der Waals surface area contributed by atoms with E-state index in [9.17, 15) is 14.7 Å². The summed E-state index contributed by atoms with van der Waals surface area (Å²) in [4.78, 5) is 24.6. The third-order valence-electron chi connectivity index (χ3n) is 5.45. The maximum Gasteiger partial charge on any atom is 0.335 e. The molecule has 3 aromatic carbocycles. The highest BCUT2D eigenvalue weighted by atomic mass is 16.4. The Labute approximate surface area is 184 Å². The molecule has 0 unspecified atom stereocenters. The number of fused-ring (bicyclic) bond motifs is 1. The van der Waals surface area contributed by atoms with Gasteiger partial charge in [-0.05, 0) is 61.9 Å². The Hall–Kier alpha value is -4.39. The number of carboxylic acids is 1. The zero-order valence-corrected chi connectivity index (χ0v) is 17.5. The van der Waals surface area contributed by atoms with Gasteiger partial charge in [0.15, 0.2) is 0 Å². The van der Waals surface area contributed by atoms with E-state index in [1.54, 1.807) is 55.5 Å². The van der Waals surface area contributed by atoms with Gasteiger partial charge in [-0.15, -0.1) is 0 Å². The van der Waals surface area contributed by atoms with Crippen LogP contribution in [0.25, 0.3) is 22.3 Å². The molecule has 7 nitrogen and oxygen atoms in total. The lowest BCUT2D eigenvalue weighted by Crippen LogP contribution is -2.14. The lowest BCUT2D eigenvalue weighted by atomic mass is 9.97. The summed E-state index contributed by atoms with van der Waals surface area (Å²) in [5, 5.41) is 20.5. The average molecular weight is 427 g/mol. The number of aromatic carboxylic acids is 1. The quantitative estimate of drug-likeness (QED) is 0.264. The number of hydrogen-bond acceptors (Lipinski definition) is 4. The van der Waals surface area contributed by atoms with Gasteiger partial charge in [-0.2, -0.15) is 0 Å². The van der Waals surface area contributed by atoms with Crippen molar-refractivity contribution in [3.63, 3.8) is 0 Å². The topological polar surface area (TPSA) is 129 Å². The molecule has 0 bridgehead atoms. The van der Waals surface area contributed by atoms with E-state index in [-0.39, 0.29) is 17.3 Å². The van der Waals surface area contributed by atoms with Crippen molar-refractivity contribution in [2.24, 2.45) is 5.73 Å². The van der Waals surface area contributed by atoms with Crippen LogP contribution < -0.4 is 11.1 Å². The van der Waals surface area contributed by atoms with Crippen LogP contribution in [0.15, 0.2) is 65.1 Å². The molecule has 1 aromatic heterocycles. The van der Waals surface area contributed by atoms with Crippen LogP contribution >= 0.6 is 0 Å². The number of hydrogen-bond donors (Lipinski definition) is 4. The summed E-state index contributed by atoms with van der Waals surface area (Å²) in [5.41, 5.74) is 9.81. The number of carbonyl (C=O) groups is 2. The number of benzene rings is 3. The van der Waals surface area contributed by atoms with Gasteiger partial charge in [-0.3, -0.25) is 10.2 Å². The SMILES string of the molecule is Cc1c(C(=O)O)ccc2oc(-c3ccccc3C(=O)Nc3ccc(C(=N)N)cc3)c(C)c12. The Morgan fingerprint density at radius 2 is 1.62 bits per heavy atom. The van der Waals surface area contributed by atoms with Crippen LogP contribution in [-0.4, -0.2) is 22.8 Å². The van der Waals surface area contributed by atoms with Crippen LogP contribution in [0.5, 0.6) is 0 Å². The second-order valence-corrected chi connectivity index (χ2v) is 7.46. The molecule has 7 heteroatoms. The van der Waals surface area contributed by atoms with Crippen molar-refractivity contribution in [3.05, 3.63) is 88.5 Å². The van der Waals surface area contributed by atoms with Crippen molar-refractivity contribution >= 4 is 34.4 Å². The Kier molecular flexibility index (Phi) is 5.24. The van der Waals surface area contributed by atoms with E-state index in [4.69, 9.17) is 15.6 Å². The molecule has 0 saturated carbocycles. The van der Waals surface area contributed by atoms with Crippen molar-refractivity contribution < 1.29 is 19.1 Å². The molecular weight excluding hydrogens is 406 g/mol. The van der Waals surface area contributed by atoms with Gasteiger partial charge in [0.1, 0.15) is 17.2 Å². The van der Waals surface area contributed by atoms with Gasteiger partial charge in [-0.25, -0.2) is 4.79 Å². The molecular formula is C25H21N3O4. The lowest BCUT2D eigenvalue weighted by molar-refractivity contribution is 0.0696. The fourth-order valence-electron chi connectivity index (χ4n) is 3.84. The summed E-state index contributed by atoms with van der Waals surface area (Å²) in [5.74, 6) is -0.848. The number of amides is 1. The first kappa shape index (κ1) is 20.9. The highest BCUT2D eigenvalue weighted by Gasteiger charge is 2.22. The summed E-state index contributed by atoms with van der Waals surface area (Å²) in [7, 11) is 0. The number of aryl methyl sites for hydroxylation is 2. The highest BCUT2D eigenvalue weighted by molar-refractivity contribution is 6.09. The van der Waals surface area contributed by atoms with Crippen LogP contribution in [0, 0.1) is 19.3 Å². The van der Waals surface area contributed by atoms with Crippen LogP contribution in [0.4, 0.5) is 5.69 Å². The second kappa shape index (κ2) is 8.03. The van der Waals surface area contributed by atoms with Gasteiger partial charge in [0.2, 0.25) is 0 Å². The third kappa shape index (κ3) is 3.60. The second-order valence-electron chi connectivity index (χ2n) is 7.46. The monoisotopic (exact) mass is 427 g/mol. The van der Waals surface area contributed by atoms with E-state index >= 15 is 0 Å². The molecule has 0 aliphatic heterocycles. The standard InChI is InChI=1S/C25H21N3O4/c1-13-17(25(30)31)11-12-20-21(13)14(2)22(32-20)18-5-3-4-6-19(18)24(29)28-16-9-7-15(8-10-16)23(26)27/h3-12H,1-2H3,(H3,26,27)(H,28,29)(H,30,31). The average Bonchev–Trinajstić information content (AvgIpc) is 3.11. The fourth-order valence-corrected chi connectivity index (χ4v) is 3.84. The molecule has 0 saturated heterocycles. The molecule has 4 rings (SSSR count). The molecule has 0 fully saturated rings. The summed E-state index contributed by atoms with van der Waals surface area (Å²) in [6, 6.07) is 16.9. The van der Waals surface area contributed by atoms with Gasteiger partial charge >= 0.3 is 5.97 Å². The number of carboxylic acid groups (broad SMARTS) is 1. The number of nitrogens with two attached hydrogens (primary N) is 1. The maximum atomic E-state index is 13.1. The summed E-state index contributed by atoms with van der Waals surface area (Å²) >= 11 is 0. The minimum atomic E-state index is -0.998. The number of furan rings is 1. The molecule has 1 heterocycles. The largest absolute Gasteiger partial charge is 0.478 e. The number of anilines is 1. The number of nitrogens with one attached hydrogen (secondary N) is 2. The molecule has 4 aromatic rings. The number of rotatable bonds is 5. The van der Waals surface area contributed by atoms with Crippen molar-refractivity contribution in [1.82, 2.24) is 0 Å². The molecule has 0 atom stereocenters. The minimum Gasteiger partial charge on any atom is -0.478 e. The van der Waals surface area contributed by atoms with E-state index in [1.165, 1.54) is 6.07 Å². The zero-order valence-electron chi connectivity index (χ0n) is 17.5.